The normalized spacial score (nSPS) is 25.5. The highest BCUT2D eigenvalue weighted by Gasteiger charge is 2.25. The van der Waals surface area contributed by atoms with Crippen LogP contribution < -0.4 is 10.6 Å². The van der Waals surface area contributed by atoms with Gasteiger partial charge in [0.15, 0.2) is 0 Å². The number of rotatable bonds is 4. The molecule has 1 heterocycles. The van der Waals surface area contributed by atoms with Gasteiger partial charge in [-0.2, -0.15) is 0 Å². The first kappa shape index (κ1) is 14.9. The summed E-state index contributed by atoms with van der Waals surface area (Å²) in [6, 6.07) is -1.36. The van der Waals surface area contributed by atoms with E-state index in [9.17, 15) is 13.8 Å². The maximum absolute atomic E-state index is 11.7. The van der Waals surface area contributed by atoms with Crippen LogP contribution in [0.15, 0.2) is 0 Å². The Kier molecular flexibility index (Phi) is 5.58. The highest BCUT2D eigenvalue weighted by Crippen LogP contribution is 2.09. The number of amides is 2. The molecule has 1 aliphatic heterocycles. The third kappa shape index (κ3) is 4.64. The van der Waals surface area contributed by atoms with E-state index in [0.29, 0.717) is 24.3 Å². The summed E-state index contributed by atoms with van der Waals surface area (Å²) in [6.45, 7) is 3.48. The van der Waals surface area contributed by atoms with Crippen LogP contribution in [-0.4, -0.2) is 44.9 Å². The summed E-state index contributed by atoms with van der Waals surface area (Å²) < 4.78 is 11.2. The van der Waals surface area contributed by atoms with E-state index in [1.54, 1.807) is 13.8 Å². The Morgan fingerprint density at radius 3 is 2.28 bits per heavy atom. The van der Waals surface area contributed by atoms with Gasteiger partial charge < -0.3 is 15.7 Å². The zero-order valence-corrected chi connectivity index (χ0v) is 11.5. The molecule has 2 amide bonds. The molecule has 18 heavy (non-hydrogen) atoms. The van der Waals surface area contributed by atoms with Crippen LogP contribution in [0.1, 0.15) is 26.7 Å². The highest BCUT2D eigenvalue weighted by atomic mass is 32.2. The van der Waals surface area contributed by atoms with Crippen LogP contribution >= 0.6 is 0 Å². The molecule has 1 rings (SSSR count). The second kappa shape index (κ2) is 6.72. The van der Waals surface area contributed by atoms with Crippen LogP contribution in [0, 0.1) is 5.92 Å². The molecule has 0 spiro atoms. The van der Waals surface area contributed by atoms with Gasteiger partial charge in [-0.1, -0.05) is 13.8 Å². The van der Waals surface area contributed by atoms with Crippen LogP contribution in [-0.2, 0) is 15.6 Å². The quantitative estimate of drug-likeness (QED) is 0.688. The molecular weight excluding hydrogens is 256 g/mol. The molecule has 0 aromatic carbocycles. The first-order valence-electron chi connectivity index (χ1n) is 6.05. The predicted octanol–water partition coefficient (Wildman–Crippen LogP) is 0.306. The van der Waals surface area contributed by atoms with Crippen LogP contribution in [0.2, 0.25) is 0 Å². The summed E-state index contributed by atoms with van der Waals surface area (Å²) in [5, 5.41) is 14.1. The van der Waals surface area contributed by atoms with Crippen LogP contribution in [0.5, 0.6) is 0 Å². The number of carboxylic acids is 1. The van der Waals surface area contributed by atoms with Crippen molar-refractivity contribution in [1.82, 2.24) is 10.6 Å². The second-order valence-corrected chi connectivity index (χ2v) is 6.50. The van der Waals surface area contributed by atoms with Crippen molar-refractivity contribution in [1.29, 1.82) is 0 Å². The topological polar surface area (TPSA) is 95.5 Å². The van der Waals surface area contributed by atoms with Gasteiger partial charge in [-0.25, -0.2) is 9.59 Å². The molecule has 6 nitrogen and oxygen atoms in total. The summed E-state index contributed by atoms with van der Waals surface area (Å²) in [7, 11) is -0.767. The third-order valence-corrected chi connectivity index (χ3v) is 4.32. The smallest absolute Gasteiger partial charge is 0.326 e. The fourth-order valence-electron chi connectivity index (χ4n) is 1.82. The fourth-order valence-corrected chi connectivity index (χ4v) is 3.12. The number of aliphatic carboxylic acids is 1. The molecule has 7 heteroatoms. The Morgan fingerprint density at radius 1 is 1.28 bits per heavy atom. The van der Waals surface area contributed by atoms with Gasteiger partial charge in [0.05, 0.1) is 0 Å². The Hall–Kier alpha value is -1.11. The summed E-state index contributed by atoms with van der Waals surface area (Å²) >= 11 is 0. The maximum atomic E-state index is 11.7. The number of urea groups is 1. The molecule has 1 saturated heterocycles. The lowest BCUT2D eigenvalue weighted by Gasteiger charge is -2.24. The highest BCUT2D eigenvalue weighted by molar-refractivity contribution is 7.85. The molecule has 0 unspecified atom stereocenters. The van der Waals surface area contributed by atoms with Crippen LogP contribution in [0.25, 0.3) is 0 Å². The van der Waals surface area contributed by atoms with Crippen LogP contribution in [0.3, 0.4) is 0 Å². The van der Waals surface area contributed by atoms with Crippen molar-refractivity contribution in [3.05, 3.63) is 0 Å². The van der Waals surface area contributed by atoms with Gasteiger partial charge in [-0.3, -0.25) is 4.21 Å². The Bertz CT molecular complexity index is 336. The zero-order chi connectivity index (χ0) is 13.7. The van der Waals surface area contributed by atoms with Gasteiger partial charge in [-0.15, -0.1) is 0 Å². The SMILES string of the molecule is CC(C)[C@H](NC(=O)NC1CCS(=O)CC1)C(=O)O. The van der Waals surface area contributed by atoms with E-state index in [2.05, 4.69) is 10.6 Å². The maximum Gasteiger partial charge on any atom is 0.326 e. The number of nitrogens with one attached hydrogen (secondary N) is 2. The minimum Gasteiger partial charge on any atom is -0.480 e. The number of carboxylic acid groups (broad SMARTS) is 1. The van der Waals surface area contributed by atoms with E-state index < -0.39 is 28.8 Å². The fraction of sp³-hybridized carbons (Fsp3) is 0.818. The first-order chi connectivity index (χ1) is 8.40. The van der Waals surface area contributed by atoms with E-state index in [-0.39, 0.29) is 12.0 Å². The Labute approximate surface area is 109 Å². The standard InChI is InChI=1S/C11H20N2O4S/c1-7(2)9(10(14)15)13-11(16)12-8-3-5-18(17)6-4-8/h7-9H,3-6H2,1-2H3,(H,14,15)(H2,12,13,16)/t8?,9-,18?/m0/s1. The minimum atomic E-state index is -1.04. The van der Waals surface area contributed by atoms with Gasteiger partial charge >= 0.3 is 12.0 Å². The lowest BCUT2D eigenvalue weighted by Crippen LogP contribution is -2.52. The molecule has 0 radical (unpaired) electrons. The Balaban J connectivity index is 2.41. The summed E-state index contributed by atoms with van der Waals surface area (Å²) in [5.74, 6) is -0.0216. The van der Waals surface area contributed by atoms with Crippen molar-refractivity contribution in [3.63, 3.8) is 0 Å². The predicted molar refractivity (Wildman–Crippen MR) is 68.8 cm³/mol. The van der Waals surface area contributed by atoms with E-state index >= 15 is 0 Å². The third-order valence-electron chi connectivity index (χ3n) is 2.94. The van der Waals surface area contributed by atoms with Crippen LogP contribution in [0.4, 0.5) is 4.79 Å². The average molecular weight is 276 g/mol. The van der Waals surface area contributed by atoms with Gasteiger partial charge in [0.25, 0.3) is 0 Å². The van der Waals surface area contributed by atoms with Crippen molar-refractivity contribution < 1.29 is 18.9 Å². The zero-order valence-electron chi connectivity index (χ0n) is 10.6. The molecule has 0 aromatic rings. The van der Waals surface area contributed by atoms with Gasteiger partial charge in [0.2, 0.25) is 0 Å². The van der Waals surface area contributed by atoms with E-state index in [1.165, 1.54) is 0 Å². The lowest BCUT2D eigenvalue weighted by molar-refractivity contribution is -0.140. The minimum absolute atomic E-state index is 0.00990. The molecule has 0 saturated carbocycles. The summed E-state index contributed by atoms with van der Waals surface area (Å²) in [5.41, 5.74) is 0. The molecule has 0 aromatic heterocycles. The summed E-state index contributed by atoms with van der Waals surface area (Å²) in [4.78, 5) is 22.6. The molecule has 0 bridgehead atoms. The summed E-state index contributed by atoms with van der Waals surface area (Å²) in [6.07, 6.45) is 1.36. The molecule has 1 aliphatic rings. The van der Waals surface area contributed by atoms with E-state index in [0.717, 1.165) is 0 Å². The number of carbonyl (C=O) groups is 2. The number of carbonyl (C=O) groups excluding carboxylic acids is 1. The van der Waals surface area contributed by atoms with Crippen molar-refractivity contribution >= 4 is 22.8 Å². The van der Waals surface area contributed by atoms with Gasteiger partial charge in [-0.05, 0) is 18.8 Å². The van der Waals surface area contributed by atoms with Crippen molar-refractivity contribution in [2.45, 2.75) is 38.8 Å². The van der Waals surface area contributed by atoms with Crippen molar-refractivity contribution in [3.8, 4) is 0 Å². The number of hydrogen-bond donors (Lipinski definition) is 3. The molecule has 104 valence electrons. The second-order valence-electron chi connectivity index (χ2n) is 4.80. The molecule has 3 N–H and O–H groups in total. The van der Waals surface area contributed by atoms with Gasteiger partial charge in [0, 0.05) is 28.3 Å². The van der Waals surface area contributed by atoms with E-state index in [1.807, 2.05) is 0 Å². The largest absolute Gasteiger partial charge is 0.480 e. The number of hydrogen-bond acceptors (Lipinski definition) is 3. The molecule has 1 fully saturated rings. The molecular formula is C11H20N2O4S. The Morgan fingerprint density at radius 2 is 1.83 bits per heavy atom. The van der Waals surface area contributed by atoms with E-state index in [4.69, 9.17) is 5.11 Å². The monoisotopic (exact) mass is 276 g/mol. The lowest BCUT2D eigenvalue weighted by atomic mass is 10.1. The molecule has 1 atom stereocenters. The molecule has 0 aliphatic carbocycles. The first-order valence-corrected chi connectivity index (χ1v) is 7.53. The van der Waals surface area contributed by atoms with Crippen molar-refractivity contribution in [2.24, 2.45) is 5.92 Å². The van der Waals surface area contributed by atoms with Gasteiger partial charge in [0.1, 0.15) is 6.04 Å². The average Bonchev–Trinajstić information content (AvgIpc) is 2.28. The van der Waals surface area contributed by atoms with Crippen molar-refractivity contribution in [2.75, 3.05) is 11.5 Å².